The van der Waals surface area contributed by atoms with Crippen molar-refractivity contribution in [1.82, 2.24) is 10.3 Å². The molecule has 0 radical (unpaired) electrons. The van der Waals surface area contributed by atoms with E-state index in [0.29, 0.717) is 58.8 Å². The van der Waals surface area contributed by atoms with Crippen LogP contribution in [-0.4, -0.2) is 56.0 Å². The van der Waals surface area contributed by atoms with Crippen molar-refractivity contribution in [3.63, 3.8) is 0 Å². The zero-order chi connectivity index (χ0) is 31.9. The number of halogens is 2. The minimum Gasteiger partial charge on any atom is -0.497 e. The van der Waals surface area contributed by atoms with E-state index in [-0.39, 0.29) is 5.91 Å². The second-order valence-corrected chi connectivity index (χ2v) is 10.9. The number of hydrogen-bond acceptors (Lipinski definition) is 7. The highest BCUT2D eigenvalue weighted by Gasteiger charge is 2.17. The molecule has 0 saturated carbocycles. The van der Waals surface area contributed by atoms with Crippen LogP contribution in [0.5, 0.6) is 11.5 Å². The van der Waals surface area contributed by atoms with Crippen molar-refractivity contribution in [2.45, 2.75) is 6.92 Å². The number of carbonyl (C=O) groups is 2. The monoisotopic (exact) mass is 645 g/mol. The van der Waals surface area contributed by atoms with Gasteiger partial charge in [0.1, 0.15) is 11.5 Å². The van der Waals surface area contributed by atoms with E-state index in [4.69, 9.17) is 37.7 Å². The van der Waals surface area contributed by atoms with Gasteiger partial charge in [0.15, 0.2) is 0 Å². The van der Waals surface area contributed by atoms with Crippen LogP contribution in [-0.2, 0) is 0 Å². The Morgan fingerprint density at radius 1 is 0.844 bits per heavy atom. The Hall–Kier alpha value is -4.73. The number of aromatic nitrogens is 1. The van der Waals surface area contributed by atoms with Gasteiger partial charge in [-0.25, -0.2) is 9.78 Å². The molecule has 1 heterocycles. The first-order valence-electron chi connectivity index (χ1n) is 14.3. The number of alkyl halides is 2. The average molecular weight is 647 g/mol. The summed E-state index contributed by atoms with van der Waals surface area (Å²) < 4.78 is 11.1. The maximum atomic E-state index is 12.9. The predicted octanol–water partition coefficient (Wildman–Crippen LogP) is 7.70. The zero-order valence-electron chi connectivity index (χ0n) is 25.1. The van der Waals surface area contributed by atoms with Crippen molar-refractivity contribution in [2.24, 2.45) is 0 Å². The lowest BCUT2D eigenvalue weighted by Gasteiger charge is -2.22. The molecule has 0 aliphatic rings. The number of hydrogen-bond donors (Lipinski definition) is 3. The smallest absolute Gasteiger partial charge is 0.417 e. The number of carbonyl (C=O) groups excluding carboxylic acids is 2. The number of amides is 2. The molecule has 5 rings (SSSR count). The number of ether oxygens (including phenoxy) is 2. The summed E-state index contributed by atoms with van der Waals surface area (Å²) in [6, 6.07) is 23.9. The number of aryl methyl sites for hydroxylation is 1. The summed E-state index contributed by atoms with van der Waals surface area (Å²) in [6.07, 6.45) is -0.661. The van der Waals surface area contributed by atoms with E-state index in [9.17, 15) is 9.59 Å². The highest BCUT2D eigenvalue weighted by molar-refractivity contribution is 6.18. The standard InChI is InChI=1S/C34H33Cl2N5O4/c1-21-6-4-7-27-30(21)40-32-28(8-5-9-29(32)33(42)37-2)31(27)38-22-18-23(20-26(19-22)44-3)39-34(43)45-25-12-10-24(11-13-25)41(16-14-35)17-15-36/h4-13,18-20H,14-17H2,1-3H3,(H,37,42)(H,38,40)(H,39,43). The molecule has 232 valence electrons. The summed E-state index contributed by atoms with van der Waals surface area (Å²) in [5, 5.41) is 10.7. The number of nitrogens with zero attached hydrogens (tertiary/aromatic N) is 2. The number of fused-ring (bicyclic) bond motifs is 2. The summed E-state index contributed by atoms with van der Waals surface area (Å²) in [4.78, 5) is 32.6. The Morgan fingerprint density at radius 2 is 1.51 bits per heavy atom. The Labute approximate surface area is 271 Å². The van der Waals surface area contributed by atoms with Gasteiger partial charge in [0.2, 0.25) is 0 Å². The molecular weight excluding hydrogens is 613 g/mol. The Bertz CT molecular complexity index is 1840. The van der Waals surface area contributed by atoms with Gasteiger partial charge in [-0.05, 0) is 48.9 Å². The molecular formula is C34H33Cl2N5O4. The van der Waals surface area contributed by atoms with E-state index in [2.05, 4.69) is 20.9 Å². The molecule has 0 aliphatic carbocycles. The third-order valence-corrected chi connectivity index (χ3v) is 7.63. The van der Waals surface area contributed by atoms with Gasteiger partial charge in [-0.3, -0.25) is 10.1 Å². The third kappa shape index (κ3) is 7.16. The van der Waals surface area contributed by atoms with Crippen LogP contribution >= 0.6 is 23.2 Å². The molecule has 2 amide bonds. The molecule has 1 aromatic heterocycles. The quantitative estimate of drug-likeness (QED) is 0.0998. The second kappa shape index (κ2) is 14.4. The minimum absolute atomic E-state index is 0.226. The van der Waals surface area contributed by atoms with E-state index >= 15 is 0 Å². The SMILES string of the molecule is CNC(=O)c1cccc2c(Nc3cc(NC(=O)Oc4ccc(N(CCCl)CCCl)cc4)cc(OC)c3)c3cccc(C)c3nc12. The van der Waals surface area contributed by atoms with Crippen LogP contribution < -0.4 is 30.3 Å². The first-order chi connectivity index (χ1) is 21.8. The van der Waals surface area contributed by atoms with Crippen molar-refractivity contribution in [3.05, 3.63) is 90.0 Å². The van der Waals surface area contributed by atoms with Crippen molar-refractivity contribution >= 4 is 79.8 Å². The largest absolute Gasteiger partial charge is 0.497 e. The summed E-state index contributed by atoms with van der Waals surface area (Å²) >= 11 is 11.8. The van der Waals surface area contributed by atoms with E-state index in [1.807, 2.05) is 55.5 Å². The maximum absolute atomic E-state index is 12.9. The summed E-state index contributed by atoms with van der Waals surface area (Å²) in [5.74, 6) is 1.61. The van der Waals surface area contributed by atoms with Gasteiger partial charge >= 0.3 is 6.09 Å². The number of rotatable bonds is 11. The topological polar surface area (TPSA) is 105 Å². The molecule has 0 saturated heterocycles. The van der Waals surface area contributed by atoms with Crippen LogP contribution in [0.3, 0.4) is 0 Å². The van der Waals surface area contributed by atoms with Gasteiger partial charge in [0.25, 0.3) is 5.91 Å². The number of benzene rings is 4. The molecule has 0 bridgehead atoms. The molecule has 3 N–H and O–H groups in total. The summed E-state index contributed by atoms with van der Waals surface area (Å²) in [6.45, 7) is 3.29. The Balaban J connectivity index is 1.44. The number of nitrogens with one attached hydrogen (secondary N) is 3. The number of anilines is 4. The lowest BCUT2D eigenvalue weighted by atomic mass is 10.0. The van der Waals surface area contributed by atoms with Crippen LogP contribution in [0.1, 0.15) is 15.9 Å². The van der Waals surface area contributed by atoms with Crippen LogP contribution in [0.25, 0.3) is 21.8 Å². The second-order valence-electron chi connectivity index (χ2n) is 10.2. The molecule has 0 unspecified atom stereocenters. The fourth-order valence-electron chi connectivity index (χ4n) is 5.14. The molecule has 0 atom stereocenters. The maximum Gasteiger partial charge on any atom is 0.417 e. The fraction of sp³-hybridized carbons (Fsp3) is 0.206. The van der Waals surface area contributed by atoms with Crippen molar-refractivity contribution in [2.75, 3.05) is 54.5 Å². The number of methoxy groups -OCH3 is 1. The normalized spacial score (nSPS) is 10.9. The molecule has 0 spiro atoms. The van der Waals surface area contributed by atoms with Gasteiger partial charge in [0.05, 0.1) is 29.4 Å². The zero-order valence-corrected chi connectivity index (χ0v) is 26.6. The molecule has 11 heteroatoms. The van der Waals surface area contributed by atoms with Crippen molar-refractivity contribution in [3.8, 4) is 11.5 Å². The van der Waals surface area contributed by atoms with Crippen LogP contribution in [0, 0.1) is 6.92 Å². The van der Waals surface area contributed by atoms with E-state index in [1.165, 1.54) is 0 Å². The molecule has 5 aromatic rings. The molecule has 9 nitrogen and oxygen atoms in total. The van der Waals surface area contributed by atoms with Gasteiger partial charge in [0, 0.05) is 71.9 Å². The van der Waals surface area contributed by atoms with E-state index in [0.717, 1.165) is 33.2 Å². The van der Waals surface area contributed by atoms with Gasteiger partial charge in [-0.15, -0.1) is 23.2 Å². The molecule has 0 aliphatic heterocycles. The van der Waals surface area contributed by atoms with Gasteiger partial charge in [-0.2, -0.15) is 0 Å². The Kier molecular flexibility index (Phi) is 10.1. The Morgan fingerprint density at radius 3 is 2.18 bits per heavy atom. The first-order valence-corrected chi connectivity index (χ1v) is 15.4. The van der Waals surface area contributed by atoms with Gasteiger partial charge < -0.3 is 25.0 Å². The van der Waals surface area contributed by atoms with Crippen LogP contribution in [0.4, 0.5) is 27.5 Å². The average Bonchev–Trinajstić information content (AvgIpc) is 3.04. The van der Waals surface area contributed by atoms with E-state index < -0.39 is 6.09 Å². The molecule has 4 aromatic carbocycles. The van der Waals surface area contributed by atoms with Crippen LogP contribution in [0.2, 0.25) is 0 Å². The number of para-hydroxylation sites is 2. The predicted molar refractivity (Wildman–Crippen MR) is 183 cm³/mol. The van der Waals surface area contributed by atoms with Crippen molar-refractivity contribution < 1.29 is 19.1 Å². The van der Waals surface area contributed by atoms with Crippen LogP contribution in [0.15, 0.2) is 78.9 Å². The molecule has 45 heavy (non-hydrogen) atoms. The van der Waals surface area contributed by atoms with Crippen molar-refractivity contribution in [1.29, 1.82) is 0 Å². The highest BCUT2D eigenvalue weighted by Crippen LogP contribution is 2.37. The lowest BCUT2D eigenvalue weighted by molar-refractivity contribution is 0.0964. The lowest BCUT2D eigenvalue weighted by Crippen LogP contribution is -2.27. The summed E-state index contributed by atoms with van der Waals surface area (Å²) in [7, 11) is 3.15. The first kappa shape index (κ1) is 31.7. The fourth-order valence-corrected chi connectivity index (χ4v) is 5.55. The minimum atomic E-state index is -0.661. The third-order valence-electron chi connectivity index (χ3n) is 7.29. The highest BCUT2D eigenvalue weighted by atomic mass is 35.5. The molecule has 0 fully saturated rings. The van der Waals surface area contributed by atoms with E-state index in [1.54, 1.807) is 44.5 Å². The van der Waals surface area contributed by atoms with Gasteiger partial charge in [-0.1, -0.05) is 30.3 Å². The summed E-state index contributed by atoms with van der Waals surface area (Å²) in [5.41, 5.74) is 5.59. The number of pyridine rings is 1.